The molecule has 1 fully saturated rings. The topological polar surface area (TPSA) is 9.23 Å². The second-order valence-corrected chi connectivity index (χ2v) is 7.62. The van der Waals surface area contributed by atoms with Crippen molar-refractivity contribution in [3.05, 3.63) is 29.8 Å². The maximum Gasteiger partial charge on any atom is 0.119 e. The highest BCUT2D eigenvalue weighted by Gasteiger charge is 2.22. The molecule has 0 radical (unpaired) electrons. The molecule has 1 aromatic carbocycles. The molecule has 0 atom stereocenters. The van der Waals surface area contributed by atoms with Crippen molar-refractivity contribution in [3.8, 4) is 5.75 Å². The van der Waals surface area contributed by atoms with Gasteiger partial charge in [-0.25, -0.2) is 0 Å². The number of hydrogen-bond acceptors (Lipinski definition) is 3. The Morgan fingerprint density at radius 2 is 1.79 bits per heavy atom. The molecule has 1 saturated heterocycles. The second kappa shape index (κ2) is 8.11. The third-order valence-electron chi connectivity index (χ3n) is 3.46. The van der Waals surface area contributed by atoms with Crippen molar-refractivity contribution >= 4 is 23.5 Å². The molecule has 0 spiro atoms. The summed E-state index contributed by atoms with van der Waals surface area (Å²) in [5.41, 5.74) is 1.44. The van der Waals surface area contributed by atoms with E-state index in [1.54, 1.807) is 0 Å². The quantitative estimate of drug-likeness (QED) is 0.653. The van der Waals surface area contributed by atoms with E-state index in [0.29, 0.717) is 4.58 Å². The number of rotatable bonds is 6. The van der Waals surface area contributed by atoms with Gasteiger partial charge in [0.2, 0.25) is 0 Å². The van der Waals surface area contributed by atoms with Crippen molar-refractivity contribution in [1.82, 2.24) is 0 Å². The molecule has 1 heterocycles. The van der Waals surface area contributed by atoms with Crippen LogP contribution in [0.3, 0.4) is 0 Å². The van der Waals surface area contributed by atoms with Crippen molar-refractivity contribution in [3.63, 3.8) is 0 Å². The maximum atomic E-state index is 5.71. The fraction of sp³-hybridized carbons (Fsp3) is 0.625. The molecule has 1 nitrogen and oxygen atoms in total. The first kappa shape index (κ1) is 15.1. The van der Waals surface area contributed by atoms with Crippen LogP contribution in [0.1, 0.15) is 43.3 Å². The first-order valence-electron chi connectivity index (χ1n) is 7.29. The summed E-state index contributed by atoms with van der Waals surface area (Å²) in [6.45, 7) is 5.32. The van der Waals surface area contributed by atoms with Gasteiger partial charge < -0.3 is 4.74 Å². The Kier molecular flexibility index (Phi) is 6.45. The van der Waals surface area contributed by atoms with E-state index in [2.05, 4.69) is 61.6 Å². The first-order valence-corrected chi connectivity index (χ1v) is 9.39. The molecule has 0 unspecified atom stereocenters. The fourth-order valence-electron chi connectivity index (χ4n) is 2.03. The minimum absolute atomic E-state index is 0.618. The van der Waals surface area contributed by atoms with Gasteiger partial charge in [0.05, 0.1) is 11.2 Å². The normalized spacial score (nSPS) is 23.3. The van der Waals surface area contributed by atoms with Gasteiger partial charge in [-0.2, -0.15) is 0 Å². The van der Waals surface area contributed by atoms with Gasteiger partial charge in [-0.15, -0.1) is 23.5 Å². The van der Waals surface area contributed by atoms with Crippen LogP contribution in [0.2, 0.25) is 0 Å². The average Bonchev–Trinajstić information content (AvgIpc) is 2.48. The molecule has 19 heavy (non-hydrogen) atoms. The number of thioether (sulfide) groups is 2. The van der Waals surface area contributed by atoms with Gasteiger partial charge in [0, 0.05) is 0 Å². The molecule has 0 aromatic heterocycles. The second-order valence-electron chi connectivity index (χ2n) is 5.04. The number of unbranched alkanes of at least 4 members (excludes halogenated alkanes) is 1. The van der Waals surface area contributed by atoms with E-state index >= 15 is 0 Å². The van der Waals surface area contributed by atoms with Crippen LogP contribution in [0.15, 0.2) is 24.3 Å². The van der Waals surface area contributed by atoms with E-state index in [1.807, 2.05) is 0 Å². The summed E-state index contributed by atoms with van der Waals surface area (Å²) in [6, 6.07) is 8.71. The molecule has 3 heteroatoms. The number of hydrogen-bond donors (Lipinski definition) is 0. The van der Waals surface area contributed by atoms with Crippen LogP contribution < -0.4 is 4.74 Å². The highest BCUT2D eigenvalue weighted by molar-refractivity contribution is 8.16. The first-order chi connectivity index (χ1) is 9.33. The third-order valence-corrected chi connectivity index (χ3v) is 6.76. The molecule has 2 rings (SSSR count). The largest absolute Gasteiger partial charge is 0.494 e. The van der Waals surface area contributed by atoms with Crippen molar-refractivity contribution in [2.75, 3.05) is 18.1 Å². The maximum absolute atomic E-state index is 5.71. The number of ether oxygens (including phenoxy) is 1. The van der Waals surface area contributed by atoms with Crippen LogP contribution in [-0.4, -0.2) is 18.1 Å². The van der Waals surface area contributed by atoms with Crippen LogP contribution in [-0.2, 0) is 0 Å². The molecule has 0 N–H and O–H groups in total. The van der Waals surface area contributed by atoms with Gasteiger partial charge >= 0.3 is 0 Å². The summed E-state index contributed by atoms with van der Waals surface area (Å²) in [5, 5.41) is 0. The monoisotopic (exact) mass is 296 g/mol. The SMILES string of the molecule is CCCCOc1ccc(C2SCC(CC)CS2)cc1. The Hall–Kier alpha value is -0.280. The van der Waals surface area contributed by atoms with E-state index in [1.165, 1.54) is 29.9 Å². The van der Waals surface area contributed by atoms with Crippen LogP contribution in [0.4, 0.5) is 0 Å². The molecule has 0 aliphatic carbocycles. The Morgan fingerprint density at radius 1 is 1.11 bits per heavy atom. The predicted octanol–water partition coefficient (Wildman–Crippen LogP) is 5.37. The van der Waals surface area contributed by atoms with Crippen molar-refractivity contribution in [2.24, 2.45) is 5.92 Å². The average molecular weight is 297 g/mol. The molecule has 0 bridgehead atoms. The fourth-order valence-corrected chi connectivity index (χ4v) is 5.33. The smallest absolute Gasteiger partial charge is 0.119 e. The minimum Gasteiger partial charge on any atom is -0.494 e. The van der Waals surface area contributed by atoms with E-state index in [9.17, 15) is 0 Å². The molecule has 0 saturated carbocycles. The highest BCUT2D eigenvalue weighted by Crippen LogP contribution is 2.46. The predicted molar refractivity (Wildman–Crippen MR) is 88.3 cm³/mol. The zero-order chi connectivity index (χ0) is 13.5. The molecule has 0 amide bonds. The number of benzene rings is 1. The summed E-state index contributed by atoms with van der Waals surface area (Å²) >= 11 is 4.20. The van der Waals surface area contributed by atoms with Crippen LogP contribution >= 0.6 is 23.5 Å². The van der Waals surface area contributed by atoms with E-state index in [-0.39, 0.29) is 0 Å². The Labute approximate surface area is 125 Å². The highest BCUT2D eigenvalue weighted by atomic mass is 32.2. The molecule has 1 aliphatic heterocycles. The van der Waals surface area contributed by atoms with Crippen molar-refractivity contribution in [1.29, 1.82) is 0 Å². The van der Waals surface area contributed by atoms with E-state index in [4.69, 9.17) is 4.74 Å². The van der Waals surface area contributed by atoms with E-state index in [0.717, 1.165) is 24.7 Å². The Balaban J connectivity index is 1.84. The Morgan fingerprint density at radius 3 is 2.37 bits per heavy atom. The van der Waals surface area contributed by atoms with Gasteiger partial charge in [0.1, 0.15) is 5.75 Å². The van der Waals surface area contributed by atoms with Gasteiger partial charge in [0.25, 0.3) is 0 Å². The van der Waals surface area contributed by atoms with Crippen molar-refractivity contribution in [2.45, 2.75) is 37.7 Å². The zero-order valence-electron chi connectivity index (χ0n) is 11.9. The van der Waals surface area contributed by atoms with Crippen molar-refractivity contribution < 1.29 is 4.74 Å². The minimum atomic E-state index is 0.618. The van der Waals surface area contributed by atoms with Gasteiger partial charge in [-0.3, -0.25) is 0 Å². The lowest BCUT2D eigenvalue weighted by atomic mass is 10.2. The standard InChI is InChI=1S/C16H24OS2/c1-3-5-10-17-15-8-6-14(7-9-15)16-18-11-13(4-2)12-19-16/h6-9,13,16H,3-5,10-12H2,1-2H3. The van der Waals surface area contributed by atoms with Crippen LogP contribution in [0.5, 0.6) is 5.75 Å². The summed E-state index contributed by atoms with van der Waals surface area (Å²) in [6.07, 6.45) is 3.64. The Bertz CT molecular complexity index is 356. The molecule has 1 aromatic rings. The summed E-state index contributed by atoms with van der Waals surface area (Å²) < 4.78 is 6.33. The molecular weight excluding hydrogens is 272 g/mol. The molecular formula is C16H24OS2. The zero-order valence-corrected chi connectivity index (χ0v) is 13.6. The summed E-state index contributed by atoms with van der Waals surface area (Å²) in [5.74, 6) is 4.53. The van der Waals surface area contributed by atoms with Crippen LogP contribution in [0.25, 0.3) is 0 Å². The van der Waals surface area contributed by atoms with E-state index < -0.39 is 0 Å². The lowest BCUT2D eigenvalue weighted by molar-refractivity contribution is 0.309. The summed E-state index contributed by atoms with van der Waals surface area (Å²) in [4.78, 5) is 0. The van der Waals surface area contributed by atoms with Gasteiger partial charge in [-0.05, 0) is 41.5 Å². The van der Waals surface area contributed by atoms with Gasteiger partial charge in [0.15, 0.2) is 0 Å². The third kappa shape index (κ3) is 4.64. The lowest BCUT2D eigenvalue weighted by Gasteiger charge is -2.27. The summed E-state index contributed by atoms with van der Waals surface area (Å²) in [7, 11) is 0. The molecule has 1 aliphatic rings. The lowest BCUT2D eigenvalue weighted by Crippen LogP contribution is -2.13. The van der Waals surface area contributed by atoms with Crippen LogP contribution in [0, 0.1) is 5.92 Å². The van der Waals surface area contributed by atoms with Gasteiger partial charge in [-0.1, -0.05) is 38.8 Å². The molecule has 106 valence electrons.